The number of ether oxygens (including phenoxy) is 2. The number of fused-ring (bicyclic) bond motifs is 1. The number of amides is 1. The molecule has 2 aromatic rings. The lowest BCUT2D eigenvalue weighted by atomic mass is 9.86. The average Bonchev–Trinajstić information content (AvgIpc) is 3.25. The maximum atomic E-state index is 12.3. The number of piperidine rings is 1. The third-order valence-electron chi connectivity index (χ3n) is 6.85. The lowest BCUT2D eigenvalue weighted by molar-refractivity contribution is -0.160. The molecule has 2 aliphatic heterocycles. The Balaban J connectivity index is 1.16. The second-order valence-corrected chi connectivity index (χ2v) is 10.2. The topological polar surface area (TPSA) is 72.0 Å². The van der Waals surface area contributed by atoms with Gasteiger partial charge in [-0.05, 0) is 57.1 Å². The van der Waals surface area contributed by atoms with Gasteiger partial charge in [0, 0.05) is 42.3 Å². The van der Waals surface area contributed by atoms with Crippen LogP contribution in [-0.2, 0) is 27.3 Å². The predicted molar refractivity (Wildman–Crippen MR) is 126 cm³/mol. The zero-order chi connectivity index (χ0) is 22.8. The van der Waals surface area contributed by atoms with Gasteiger partial charge in [0.2, 0.25) is 0 Å². The Morgan fingerprint density at radius 3 is 2.58 bits per heavy atom. The third kappa shape index (κ3) is 4.92. The first kappa shape index (κ1) is 22.3. The van der Waals surface area contributed by atoms with E-state index in [1.807, 2.05) is 12.1 Å². The zero-order valence-electron chi connectivity index (χ0n) is 19.1. The van der Waals surface area contributed by atoms with Crippen molar-refractivity contribution in [3.05, 3.63) is 34.8 Å². The zero-order valence-corrected chi connectivity index (χ0v) is 19.9. The summed E-state index contributed by atoms with van der Waals surface area (Å²) < 4.78 is 11.0. The quantitative estimate of drug-likeness (QED) is 0.492. The smallest absolute Gasteiger partial charge is 0.397 e. The summed E-state index contributed by atoms with van der Waals surface area (Å²) in [6.07, 6.45) is 7.27. The van der Waals surface area contributed by atoms with E-state index >= 15 is 0 Å². The first-order valence-corrected chi connectivity index (χ1v) is 12.9. The van der Waals surface area contributed by atoms with Crippen molar-refractivity contribution in [1.29, 1.82) is 0 Å². The molecule has 1 aliphatic carbocycles. The van der Waals surface area contributed by atoms with Crippen molar-refractivity contribution in [2.24, 2.45) is 0 Å². The van der Waals surface area contributed by atoms with Crippen molar-refractivity contribution >= 4 is 23.2 Å². The monoisotopic (exact) mass is 469 g/mol. The van der Waals surface area contributed by atoms with E-state index in [0.29, 0.717) is 31.7 Å². The van der Waals surface area contributed by atoms with Crippen molar-refractivity contribution in [3.63, 3.8) is 0 Å². The molecule has 5 rings (SSSR count). The standard InChI is InChI=1S/C25H31N3O4S/c1-2-31-25(30)24(29)28-13-10-21-22(16-28)33-23(26-21)17-6-8-19(9-7-17)32-20-14-18(15-20)27-11-4-3-5-12-27/h6-9,18,20H,2-5,10-16H2,1H3/t18-,20-. The summed E-state index contributed by atoms with van der Waals surface area (Å²) in [5.41, 5.74) is 2.06. The molecule has 3 heterocycles. The largest absolute Gasteiger partial charge is 0.490 e. The fraction of sp³-hybridized carbons (Fsp3) is 0.560. The Morgan fingerprint density at radius 2 is 1.85 bits per heavy atom. The van der Waals surface area contributed by atoms with Gasteiger partial charge in [0.15, 0.2) is 0 Å². The molecule has 1 aromatic carbocycles. The summed E-state index contributed by atoms with van der Waals surface area (Å²) in [7, 11) is 0. The van der Waals surface area contributed by atoms with Gasteiger partial charge >= 0.3 is 11.9 Å². The molecular formula is C25H31N3O4S. The number of hydrogen-bond donors (Lipinski definition) is 0. The molecule has 0 N–H and O–H groups in total. The first-order chi connectivity index (χ1) is 16.1. The van der Waals surface area contributed by atoms with Crippen LogP contribution in [0.5, 0.6) is 5.75 Å². The molecule has 33 heavy (non-hydrogen) atoms. The van der Waals surface area contributed by atoms with E-state index in [9.17, 15) is 9.59 Å². The number of carbonyl (C=O) groups is 2. The normalized spacial score (nSPS) is 22.9. The molecule has 1 saturated carbocycles. The van der Waals surface area contributed by atoms with E-state index in [0.717, 1.165) is 39.7 Å². The van der Waals surface area contributed by atoms with Crippen LogP contribution in [0.1, 0.15) is 49.6 Å². The molecule has 0 unspecified atom stereocenters. The van der Waals surface area contributed by atoms with Gasteiger partial charge in [0.05, 0.1) is 18.8 Å². The van der Waals surface area contributed by atoms with E-state index in [1.165, 1.54) is 32.4 Å². The molecule has 8 heteroatoms. The minimum Gasteiger partial charge on any atom is -0.490 e. The van der Waals surface area contributed by atoms with Crippen molar-refractivity contribution in [3.8, 4) is 16.3 Å². The van der Waals surface area contributed by atoms with Gasteiger partial charge in [-0.1, -0.05) is 6.42 Å². The number of carbonyl (C=O) groups excluding carboxylic acids is 2. The molecule has 2 fully saturated rings. The van der Waals surface area contributed by atoms with Gasteiger partial charge in [-0.2, -0.15) is 0 Å². The number of aromatic nitrogens is 1. The second kappa shape index (κ2) is 9.81. The van der Waals surface area contributed by atoms with Gasteiger partial charge in [-0.3, -0.25) is 4.79 Å². The average molecular weight is 470 g/mol. The Bertz CT molecular complexity index is 994. The number of likely N-dealkylation sites (tertiary alicyclic amines) is 1. The highest BCUT2D eigenvalue weighted by Gasteiger charge is 2.35. The van der Waals surface area contributed by atoms with Crippen LogP contribution in [-0.4, -0.2) is 65.0 Å². The van der Waals surface area contributed by atoms with E-state index in [-0.39, 0.29) is 6.61 Å². The molecule has 0 radical (unpaired) electrons. The van der Waals surface area contributed by atoms with Crippen LogP contribution in [0.15, 0.2) is 24.3 Å². The summed E-state index contributed by atoms with van der Waals surface area (Å²) in [5.74, 6) is -0.444. The molecule has 7 nitrogen and oxygen atoms in total. The summed E-state index contributed by atoms with van der Waals surface area (Å²) in [5, 5.41) is 0.936. The summed E-state index contributed by atoms with van der Waals surface area (Å²) >= 11 is 1.58. The molecule has 0 bridgehead atoms. The highest BCUT2D eigenvalue weighted by molar-refractivity contribution is 7.15. The predicted octanol–water partition coefficient (Wildman–Crippen LogP) is 3.65. The minimum atomic E-state index is -0.782. The SMILES string of the molecule is CCOC(=O)C(=O)N1CCc2nc(-c3ccc(O[C@H]4C[C@H](N5CCCCC5)C4)cc3)sc2C1. The van der Waals surface area contributed by atoms with Crippen LogP contribution in [0.2, 0.25) is 0 Å². The van der Waals surface area contributed by atoms with Crippen LogP contribution in [0.3, 0.4) is 0 Å². The van der Waals surface area contributed by atoms with Gasteiger partial charge in [-0.15, -0.1) is 11.3 Å². The van der Waals surface area contributed by atoms with Crippen LogP contribution >= 0.6 is 11.3 Å². The van der Waals surface area contributed by atoms with E-state index < -0.39 is 11.9 Å². The Morgan fingerprint density at radius 1 is 1.09 bits per heavy atom. The number of rotatable bonds is 5. The fourth-order valence-electron chi connectivity index (χ4n) is 4.90. The maximum Gasteiger partial charge on any atom is 0.397 e. The number of nitrogens with zero attached hydrogens (tertiary/aromatic N) is 3. The highest BCUT2D eigenvalue weighted by atomic mass is 32.1. The number of thiazole rings is 1. The molecular weight excluding hydrogens is 438 g/mol. The van der Waals surface area contributed by atoms with Gasteiger partial charge in [0.1, 0.15) is 16.9 Å². The summed E-state index contributed by atoms with van der Waals surface area (Å²) in [4.78, 5) is 34.0. The number of benzene rings is 1. The maximum absolute atomic E-state index is 12.3. The molecule has 1 aromatic heterocycles. The molecule has 1 amide bonds. The number of esters is 1. The van der Waals surface area contributed by atoms with Gasteiger partial charge < -0.3 is 19.3 Å². The van der Waals surface area contributed by atoms with Crippen LogP contribution in [0.25, 0.3) is 10.6 Å². The summed E-state index contributed by atoms with van der Waals surface area (Å²) in [6, 6.07) is 8.87. The molecule has 176 valence electrons. The second-order valence-electron chi connectivity index (χ2n) is 9.07. The minimum absolute atomic E-state index is 0.202. The molecule has 1 saturated heterocycles. The van der Waals surface area contributed by atoms with Gasteiger partial charge in [-0.25, -0.2) is 9.78 Å². The van der Waals surface area contributed by atoms with Gasteiger partial charge in [0.25, 0.3) is 0 Å². The Labute approximate surface area is 198 Å². The van der Waals surface area contributed by atoms with Crippen LogP contribution in [0, 0.1) is 0 Å². The van der Waals surface area contributed by atoms with Crippen LogP contribution in [0.4, 0.5) is 0 Å². The lowest BCUT2D eigenvalue weighted by Crippen LogP contribution is -2.50. The van der Waals surface area contributed by atoms with Crippen LogP contribution < -0.4 is 4.74 Å². The fourth-order valence-corrected chi connectivity index (χ4v) is 6.03. The lowest BCUT2D eigenvalue weighted by Gasteiger charge is -2.44. The van der Waals surface area contributed by atoms with E-state index in [1.54, 1.807) is 23.2 Å². The summed E-state index contributed by atoms with van der Waals surface area (Å²) in [6.45, 7) is 5.29. The molecule has 0 atom stereocenters. The molecule has 0 spiro atoms. The van der Waals surface area contributed by atoms with Crippen molar-refractivity contribution in [2.75, 3.05) is 26.2 Å². The Hall–Kier alpha value is -2.45. The van der Waals surface area contributed by atoms with E-state index in [4.69, 9.17) is 14.5 Å². The van der Waals surface area contributed by atoms with Crippen molar-refractivity contribution in [1.82, 2.24) is 14.8 Å². The Kier molecular flexibility index (Phi) is 6.64. The highest BCUT2D eigenvalue weighted by Crippen LogP contribution is 2.34. The first-order valence-electron chi connectivity index (χ1n) is 12.1. The van der Waals surface area contributed by atoms with Crippen molar-refractivity contribution < 1.29 is 19.1 Å². The van der Waals surface area contributed by atoms with E-state index in [2.05, 4.69) is 17.0 Å². The molecule has 3 aliphatic rings. The number of hydrogen-bond acceptors (Lipinski definition) is 7. The third-order valence-corrected chi connectivity index (χ3v) is 7.98. The van der Waals surface area contributed by atoms with Crippen molar-refractivity contribution in [2.45, 2.75) is 64.1 Å².